The third-order valence-corrected chi connectivity index (χ3v) is 3.22. The van der Waals surface area contributed by atoms with Gasteiger partial charge in [-0.25, -0.2) is 0 Å². The van der Waals surface area contributed by atoms with Crippen LogP contribution in [0.3, 0.4) is 0 Å². The Morgan fingerprint density at radius 1 is 1.05 bits per heavy atom. The van der Waals surface area contributed by atoms with E-state index in [2.05, 4.69) is 11.1 Å². The van der Waals surface area contributed by atoms with Crippen molar-refractivity contribution in [3.05, 3.63) is 65.3 Å². The second-order valence-corrected chi connectivity index (χ2v) is 4.59. The number of hydrogen-bond acceptors (Lipinski definition) is 3. The van der Waals surface area contributed by atoms with E-state index in [1.165, 1.54) is 0 Å². The second-order valence-electron chi connectivity index (χ2n) is 4.18. The number of pyridine rings is 1. The first kappa shape index (κ1) is 12.5. The number of fused-ring (bicyclic) bond motifs is 1. The molecule has 0 N–H and O–H groups in total. The summed E-state index contributed by atoms with van der Waals surface area (Å²) in [4.78, 5) is 4.31. The van der Waals surface area contributed by atoms with E-state index >= 15 is 0 Å². The highest BCUT2D eigenvalue weighted by Gasteiger charge is 2.07. The second kappa shape index (κ2) is 5.20. The van der Waals surface area contributed by atoms with Gasteiger partial charge < -0.3 is 4.74 Å². The van der Waals surface area contributed by atoms with E-state index in [1.807, 2.05) is 12.1 Å². The first-order valence-corrected chi connectivity index (χ1v) is 6.37. The smallest absolute Gasteiger partial charge is 0.153 e. The van der Waals surface area contributed by atoms with Gasteiger partial charge in [-0.3, -0.25) is 4.98 Å². The molecule has 96 valence electrons. The van der Waals surface area contributed by atoms with E-state index < -0.39 is 0 Å². The molecule has 3 aromatic rings. The quantitative estimate of drug-likeness (QED) is 0.691. The fourth-order valence-electron chi connectivity index (χ4n) is 1.92. The summed E-state index contributed by atoms with van der Waals surface area (Å²) in [6.07, 6.45) is 1.70. The molecule has 3 rings (SSSR count). The number of aromatic nitrogens is 1. The molecule has 1 aromatic heterocycles. The van der Waals surface area contributed by atoms with Gasteiger partial charge in [0.25, 0.3) is 0 Å². The third-order valence-electron chi connectivity index (χ3n) is 2.89. The minimum atomic E-state index is 0.594. The van der Waals surface area contributed by atoms with Gasteiger partial charge in [0.1, 0.15) is 11.3 Å². The summed E-state index contributed by atoms with van der Waals surface area (Å²) in [6.45, 7) is 0. The zero-order valence-corrected chi connectivity index (χ0v) is 11.1. The van der Waals surface area contributed by atoms with Crippen LogP contribution in [-0.4, -0.2) is 4.98 Å². The highest BCUT2D eigenvalue weighted by molar-refractivity contribution is 6.35. The van der Waals surface area contributed by atoms with Crippen LogP contribution in [0.2, 0.25) is 5.02 Å². The van der Waals surface area contributed by atoms with E-state index in [-0.39, 0.29) is 0 Å². The van der Waals surface area contributed by atoms with Gasteiger partial charge in [-0.1, -0.05) is 11.6 Å². The SMILES string of the molecule is N#Cc1ccc(Oc2ccc(Cl)c3cccnc23)cc1. The van der Waals surface area contributed by atoms with Crippen LogP contribution >= 0.6 is 11.6 Å². The van der Waals surface area contributed by atoms with E-state index in [9.17, 15) is 0 Å². The van der Waals surface area contributed by atoms with Gasteiger partial charge in [-0.2, -0.15) is 5.26 Å². The number of rotatable bonds is 2. The summed E-state index contributed by atoms with van der Waals surface area (Å²) >= 11 is 6.14. The topological polar surface area (TPSA) is 45.9 Å². The van der Waals surface area contributed by atoms with Crippen molar-refractivity contribution in [2.75, 3.05) is 0 Å². The Kier molecular flexibility index (Phi) is 3.24. The summed E-state index contributed by atoms with van der Waals surface area (Å²) in [6, 6.07) is 16.3. The average Bonchev–Trinajstić information content (AvgIpc) is 2.51. The van der Waals surface area contributed by atoms with Crippen LogP contribution in [0.5, 0.6) is 11.5 Å². The van der Waals surface area contributed by atoms with E-state index in [1.54, 1.807) is 42.6 Å². The van der Waals surface area contributed by atoms with Gasteiger partial charge >= 0.3 is 0 Å². The number of ether oxygens (including phenoxy) is 1. The molecule has 0 amide bonds. The zero-order valence-electron chi connectivity index (χ0n) is 10.4. The largest absolute Gasteiger partial charge is 0.455 e. The van der Waals surface area contributed by atoms with Crippen LogP contribution in [-0.2, 0) is 0 Å². The Morgan fingerprint density at radius 2 is 1.85 bits per heavy atom. The van der Waals surface area contributed by atoms with Crippen LogP contribution in [0.4, 0.5) is 0 Å². The molecule has 0 aliphatic carbocycles. The van der Waals surface area contributed by atoms with Crippen LogP contribution < -0.4 is 4.74 Å². The molecule has 4 heteroatoms. The maximum atomic E-state index is 8.77. The summed E-state index contributed by atoms with van der Waals surface area (Å²) in [5.74, 6) is 1.29. The highest BCUT2D eigenvalue weighted by Crippen LogP contribution is 2.32. The summed E-state index contributed by atoms with van der Waals surface area (Å²) < 4.78 is 5.82. The number of hydrogen-bond donors (Lipinski definition) is 0. The van der Waals surface area contributed by atoms with Crippen LogP contribution in [0.1, 0.15) is 5.56 Å². The minimum absolute atomic E-state index is 0.594. The fraction of sp³-hybridized carbons (Fsp3) is 0. The molecule has 0 fully saturated rings. The first-order chi connectivity index (χ1) is 9.78. The molecule has 0 aliphatic rings. The molecule has 3 nitrogen and oxygen atoms in total. The Bertz CT molecular complexity index is 807. The van der Waals surface area contributed by atoms with Crippen molar-refractivity contribution in [3.63, 3.8) is 0 Å². The standard InChI is InChI=1S/C16H9ClN2O/c17-14-7-8-15(16-13(14)2-1-9-19-16)20-12-5-3-11(10-18)4-6-12/h1-9H. The third kappa shape index (κ3) is 2.29. The maximum absolute atomic E-state index is 8.77. The van der Waals surface area contributed by atoms with Gasteiger partial charge in [0.2, 0.25) is 0 Å². The van der Waals surface area contributed by atoms with Crippen molar-refractivity contribution in [2.24, 2.45) is 0 Å². The molecular weight excluding hydrogens is 272 g/mol. The number of benzene rings is 2. The van der Waals surface area contributed by atoms with Gasteiger partial charge in [0.15, 0.2) is 5.75 Å². The molecule has 0 radical (unpaired) electrons. The molecule has 0 saturated heterocycles. The average molecular weight is 281 g/mol. The first-order valence-electron chi connectivity index (χ1n) is 5.99. The monoisotopic (exact) mass is 280 g/mol. The molecule has 0 aliphatic heterocycles. The van der Waals surface area contributed by atoms with Crippen LogP contribution in [0.15, 0.2) is 54.7 Å². The van der Waals surface area contributed by atoms with Crippen molar-refractivity contribution in [3.8, 4) is 17.6 Å². The normalized spacial score (nSPS) is 10.2. The minimum Gasteiger partial charge on any atom is -0.455 e. The Balaban J connectivity index is 2.02. The summed E-state index contributed by atoms with van der Waals surface area (Å²) in [5, 5.41) is 10.3. The molecule has 20 heavy (non-hydrogen) atoms. The summed E-state index contributed by atoms with van der Waals surface area (Å²) in [7, 11) is 0. The van der Waals surface area contributed by atoms with E-state index in [0.717, 1.165) is 5.39 Å². The van der Waals surface area contributed by atoms with Crippen molar-refractivity contribution in [1.29, 1.82) is 5.26 Å². The molecule has 1 heterocycles. The van der Waals surface area contributed by atoms with E-state index in [4.69, 9.17) is 21.6 Å². The van der Waals surface area contributed by atoms with Gasteiger partial charge in [0.05, 0.1) is 16.7 Å². The van der Waals surface area contributed by atoms with Gasteiger partial charge in [-0.05, 0) is 48.5 Å². The number of nitriles is 1. The molecule has 0 bridgehead atoms. The Hall–Kier alpha value is -2.57. The molecule has 2 aromatic carbocycles. The Labute approximate surface area is 121 Å². The molecule has 0 spiro atoms. The lowest BCUT2D eigenvalue weighted by molar-refractivity contribution is 0.487. The molecule has 0 unspecified atom stereocenters. The van der Waals surface area contributed by atoms with Gasteiger partial charge in [0, 0.05) is 11.6 Å². The molecule has 0 atom stereocenters. The van der Waals surface area contributed by atoms with Gasteiger partial charge in [-0.15, -0.1) is 0 Å². The Morgan fingerprint density at radius 3 is 2.60 bits per heavy atom. The lowest BCUT2D eigenvalue weighted by Gasteiger charge is -2.09. The summed E-state index contributed by atoms with van der Waals surface area (Å²) in [5.41, 5.74) is 1.31. The fourth-order valence-corrected chi connectivity index (χ4v) is 2.13. The van der Waals surface area contributed by atoms with Crippen molar-refractivity contribution >= 4 is 22.5 Å². The lowest BCUT2D eigenvalue weighted by Crippen LogP contribution is -1.88. The number of halogens is 1. The predicted octanol–water partition coefficient (Wildman–Crippen LogP) is 4.55. The number of nitrogens with zero attached hydrogens (tertiary/aromatic N) is 2. The van der Waals surface area contributed by atoms with Crippen molar-refractivity contribution in [2.45, 2.75) is 0 Å². The van der Waals surface area contributed by atoms with Crippen molar-refractivity contribution < 1.29 is 4.74 Å². The lowest BCUT2D eigenvalue weighted by atomic mass is 10.2. The maximum Gasteiger partial charge on any atom is 0.153 e. The van der Waals surface area contributed by atoms with Crippen molar-refractivity contribution in [1.82, 2.24) is 4.98 Å². The van der Waals surface area contributed by atoms with Crippen LogP contribution in [0.25, 0.3) is 10.9 Å². The van der Waals surface area contributed by atoms with Crippen LogP contribution in [0, 0.1) is 11.3 Å². The molecule has 0 saturated carbocycles. The predicted molar refractivity (Wildman–Crippen MR) is 78.0 cm³/mol. The molecular formula is C16H9ClN2O. The zero-order chi connectivity index (χ0) is 13.9. The van der Waals surface area contributed by atoms with E-state index in [0.29, 0.717) is 27.6 Å². The highest BCUT2D eigenvalue weighted by atomic mass is 35.5.